The minimum atomic E-state index is -0.153. The lowest BCUT2D eigenvalue weighted by atomic mass is 10.0. The molecule has 0 heterocycles. The number of hydrogen-bond acceptors (Lipinski definition) is 2. The highest BCUT2D eigenvalue weighted by molar-refractivity contribution is 5.82. The van der Waals surface area contributed by atoms with Crippen LogP contribution in [0.25, 0.3) is 0 Å². The van der Waals surface area contributed by atoms with E-state index in [1.165, 1.54) is 44.9 Å². The lowest BCUT2D eigenvalue weighted by molar-refractivity contribution is -0.128. The summed E-state index contributed by atoms with van der Waals surface area (Å²) in [5.74, 6) is 0.246. The van der Waals surface area contributed by atoms with Gasteiger partial charge in [-0.3, -0.25) is 4.79 Å². The molecule has 0 radical (unpaired) electrons. The summed E-state index contributed by atoms with van der Waals surface area (Å²) in [7, 11) is 1.64. The number of rotatable bonds is 12. The molecule has 0 aliphatic carbocycles. The van der Waals surface area contributed by atoms with Crippen LogP contribution in [0.15, 0.2) is 0 Å². The molecule has 102 valence electrons. The molecule has 0 amide bonds. The predicted octanol–water partition coefficient (Wildman–Crippen LogP) is 4.51. The van der Waals surface area contributed by atoms with Crippen LogP contribution in [-0.2, 0) is 9.53 Å². The Labute approximate surface area is 107 Å². The van der Waals surface area contributed by atoms with Gasteiger partial charge in [0.2, 0.25) is 0 Å². The molecule has 2 nitrogen and oxygen atoms in total. The van der Waals surface area contributed by atoms with Crippen LogP contribution in [-0.4, -0.2) is 19.0 Å². The van der Waals surface area contributed by atoms with Gasteiger partial charge in [0, 0.05) is 13.5 Å². The smallest absolute Gasteiger partial charge is 0.161 e. The van der Waals surface area contributed by atoms with Crippen molar-refractivity contribution < 1.29 is 9.53 Å². The number of ether oxygens (including phenoxy) is 1. The fourth-order valence-corrected chi connectivity index (χ4v) is 2.10. The third-order valence-corrected chi connectivity index (χ3v) is 3.31. The Morgan fingerprint density at radius 2 is 1.47 bits per heavy atom. The van der Waals surface area contributed by atoms with E-state index in [2.05, 4.69) is 6.92 Å². The third-order valence-electron chi connectivity index (χ3n) is 3.31. The molecule has 0 spiro atoms. The van der Waals surface area contributed by atoms with E-state index >= 15 is 0 Å². The normalized spacial score (nSPS) is 12.6. The van der Waals surface area contributed by atoms with Crippen molar-refractivity contribution in [3.05, 3.63) is 0 Å². The van der Waals surface area contributed by atoms with Crippen LogP contribution in [0, 0.1) is 0 Å². The summed E-state index contributed by atoms with van der Waals surface area (Å²) in [6.45, 7) is 4.15. The zero-order chi connectivity index (χ0) is 12.9. The Kier molecular flexibility index (Phi) is 11.8. The van der Waals surface area contributed by atoms with Crippen molar-refractivity contribution in [2.75, 3.05) is 7.11 Å². The fraction of sp³-hybridized carbons (Fsp3) is 0.933. The minimum absolute atomic E-state index is 0.153. The highest BCUT2D eigenvalue weighted by Gasteiger charge is 2.14. The molecule has 1 atom stereocenters. The molecule has 17 heavy (non-hydrogen) atoms. The van der Waals surface area contributed by atoms with Crippen LogP contribution in [0.4, 0.5) is 0 Å². The summed E-state index contributed by atoms with van der Waals surface area (Å²) in [6.07, 6.45) is 11.8. The second-order valence-electron chi connectivity index (χ2n) is 4.81. The maximum atomic E-state index is 11.5. The van der Waals surface area contributed by atoms with Crippen LogP contribution >= 0.6 is 0 Å². The van der Waals surface area contributed by atoms with E-state index in [9.17, 15) is 4.79 Å². The molecule has 0 aliphatic rings. The van der Waals surface area contributed by atoms with Gasteiger partial charge in [-0.05, 0) is 6.42 Å². The molecule has 0 aliphatic heterocycles. The maximum Gasteiger partial charge on any atom is 0.161 e. The standard InChI is InChI=1S/C15H30O2/c1-4-6-7-8-9-10-11-12-13-15(17-3)14(16)5-2/h15H,4-13H2,1-3H3. The lowest BCUT2D eigenvalue weighted by Gasteiger charge is -2.12. The Morgan fingerprint density at radius 1 is 0.941 bits per heavy atom. The molecule has 0 aromatic rings. The Hall–Kier alpha value is -0.370. The first-order valence-electron chi connectivity index (χ1n) is 7.31. The lowest BCUT2D eigenvalue weighted by Crippen LogP contribution is -2.21. The fourth-order valence-electron chi connectivity index (χ4n) is 2.10. The van der Waals surface area contributed by atoms with Crippen molar-refractivity contribution in [3.63, 3.8) is 0 Å². The first-order valence-corrected chi connectivity index (χ1v) is 7.31. The molecule has 0 aromatic heterocycles. The first-order chi connectivity index (χ1) is 8.26. The molecule has 0 fully saturated rings. The van der Waals surface area contributed by atoms with E-state index in [4.69, 9.17) is 4.74 Å². The van der Waals surface area contributed by atoms with Gasteiger partial charge >= 0.3 is 0 Å². The SMILES string of the molecule is CCCCCCCCCCC(OC)C(=O)CC. The molecule has 0 saturated carbocycles. The number of methoxy groups -OCH3 is 1. The highest BCUT2D eigenvalue weighted by Crippen LogP contribution is 2.12. The molecule has 0 aromatic carbocycles. The number of ketones is 1. The van der Waals surface area contributed by atoms with Crippen LogP contribution in [0.2, 0.25) is 0 Å². The Balaban J connectivity index is 3.34. The topological polar surface area (TPSA) is 26.3 Å². The summed E-state index contributed by atoms with van der Waals surface area (Å²) < 4.78 is 5.21. The van der Waals surface area contributed by atoms with Gasteiger partial charge in [0.1, 0.15) is 6.10 Å². The zero-order valence-corrected chi connectivity index (χ0v) is 12.0. The Morgan fingerprint density at radius 3 is 1.94 bits per heavy atom. The van der Waals surface area contributed by atoms with Crippen molar-refractivity contribution in [1.82, 2.24) is 0 Å². The summed E-state index contributed by atoms with van der Waals surface area (Å²) in [5, 5.41) is 0. The van der Waals surface area contributed by atoms with Crippen molar-refractivity contribution in [2.45, 2.75) is 84.2 Å². The van der Waals surface area contributed by atoms with E-state index in [-0.39, 0.29) is 11.9 Å². The number of carbonyl (C=O) groups is 1. The molecule has 0 saturated heterocycles. The molecule has 0 bridgehead atoms. The molecular weight excluding hydrogens is 212 g/mol. The summed E-state index contributed by atoms with van der Waals surface area (Å²) >= 11 is 0. The van der Waals surface area contributed by atoms with Gasteiger partial charge in [0.15, 0.2) is 5.78 Å². The van der Waals surface area contributed by atoms with Crippen molar-refractivity contribution in [1.29, 1.82) is 0 Å². The second kappa shape index (κ2) is 12.1. The highest BCUT2D eigenvalue weighted by atomic mass is 16.5. The summed E-state index contributed by atoms with van der Waals surface area (Å²) in [5.41, 5.74) is 0. The number of Topliss-reactive ketones (excluding diaryl/α,β-unsaturated/α-hetero) is 1. The second-order valence-corrected chi connectivity index (χ2v) is 4.81. The van der Waals surface area contributed by atoms with Crippen molar-refractivity contribution in [3.8, 4) is 0 Å². The summed E-state index contributed by atoms with van der Waals surface area (Å²) in [4.78, 5) is 11.5. The average molecular weight is 242 g/mol. The van der Waals surface area contributed by atoms with Crippen LogP contribution < -0.4 is 0 Å². The Bertz CT molecular complexity index is 178. The van der Waals surface area contributed by atoms with E-state index in [0.717, 1.165) is 12.8 Å². The molecule has 1 unspecified atom stereocenters. The van der Waals surface area contributed by atoms with Crippen LogP contribution in [0.1, 0.15) is 78.1 Å². The van der Waals surface area contributed by atoms with E-state index in [1.807, 2.05) is 6.92 Å². The zero-order valence-electron chi connectivity index (χ0n) is 12.0. The van der Waals surface area contributed by atoms with Gasteiger partial charge in [-0.15, -0.1) is 0 Å². The van der Waals surface area contributed by atoms with E-state index in [1.54, 1.807) is 7.11 Å². The average Bonchev–Trinajstić information content (AvgIpc) is 2.36. The minimum Gasteiger partial charge on any atom is -0.374 e. The predicted molar refractivity (Wildman–Crippen MR) is 73.3 cm³/mol. The van der Waals surface area contributed by atoms with Crippen molar-refractivity contribution in [2.24, 2.45) is 0 Å². The largest absolute Gasteiger partial charge is 0.374 e. The van der Waals surface area contributed by atoms with Gasteiger partial charge in [-0.2, -0.15) is 0 Å². The number of hydrogen-bond donors (Lipinski definition) is 0. The number of unbranched alkanes of at least 4 members (excludes halogenated alkanes) is 7. The van der Waals surface area contributed by atoms with Crippen molar-refractivity contribution >= 4 is 5.78 Å². The monoisotopic (exact) mass is 242 g/mol. The van der Waals surface area contributed by atoms with Crippen LogP contribution in [0.5, 0.6) is 0 Å². The molecular formula is C15H30O2. The quantitative estimate of drug-likeness (QED) is 0.471. The van der Waals surface area contributed by atoms with Gasteiger partial charge in [0.05, 0.1) is 0 Å². The van der Waals surface area contributed by atoms with E-state index < -0.39 is 0 Å². The van der Waals surface area contributed by atoms with E-state index in [0.29, 0.717) is 6.42 Å². The van der Waals surface area contributed by atoms with Gasteiger partial charge in [-0.25, -0.2) is 0 Å². The molecule has 0 rings (SSSR count). The molecule has 2 heteroatoms. The number of carbonyl (C=O) groups excluding carboxylic acids is 1. The van der Waals surface area contributed by atoms with Gasteiger partial charge in [0.25, 0.3) is 0 Å². The molecule has 0 N–H and O–H groups in total. The van der Waals surface area contributed by atoms with Gasteiger partial charge in [-0.1, -0.05) is 65.2 Å². The first kappa shape index (κ1) is 16.6. The van der Waals surface area contributed by atoms with Gasteiger partial charge < -0.3 is 4.74 Å². The van der Waals surface area contributed by atoms with Crippen LogP contribution in [0.3, 0.4) is 0 Å². The summed E-state index contributed by atoms with van der Waals surface area (Å²) in [6, 6.07) is 0. The maximum absolute atomic E-state index is 11.5. The third kappa shape index (κ3) is 9.34.